The molecule has 1 heterocycles. The van der Waals surface area contributed by atoms with E-state index in [-0.39, 0.29) is 5.91 Å². The molecule has 0 aliphatic heterocycles. The van der Waals surface area contributed by atoms with Crippen LogP contribution < -0.4 is 5.32 Å². The lowest BCUT2D eigenvalue weighted by molar-refractivity contribution is -0.120. The summed E-state index contributed by atoms with van der Waals surface area (Å²) in [6.45, 7) is 4.21. The smallest absolute Gasteiger partial charge is 0.220 e. The van der Waals surface area contributed by atoms with Crippen LogP contribution in [0.4, 0.5) is 0 Å². The topological polar surface area (TPSA) is 29.1 Å². The van der Waals surface area contributed by atoms with Gasteiger partial charge in [-0.1, -0.05) is 0 Å². The average molecular weight is 197 g/mol. The number of hydrogen-bond acceptors (Lipinski definition) is 2. The molecule has 1 aromatic rings. The highest BCUT2D eigenvalue weighted by Crippen LogP contribution is 2.21. The second-order valence-electron chi connectivity index (χ2n) is 3.11. The number of aryl methyl sites for hydroxylation is 3. The van der Waals surface area contributed by atoms with Gasteiger partial charge < -0.3 is 5.32 Å². The van der Waals surface area contributed by atoms with Crippen LogP contribution in [-0.4, -0.2) is 13.0 Å². The van der Waals surface area contributed by atoms with Crippen molar-refractivity contribution < 1.29 is 4.79 Å². The minimum atomic E-state index is 0.114. The molecule has 1 aromatic heterocycles. The lowest BCUT2D eigenvalue weighted by atomic mass is 10.1. The van der Waals surface area contributed by atoms with E-state index in [1.807, 2.05) is 0 Å². The Balaban J connectivity index is 2.54. The van der Waals surface area contributed by atoms with E-state index in [0.717, 1.165) is 6.42 Å². The maximum atomic E-state index is 11.0. The summed E-state index contributed by atoms with van der Waals surface area (Å²) in [6, 6.07) is 2.17. The Morgan fingerprint density at radius 3 is 2.69 bits per heavy atom. The Kier molecular flexibility index (Phi) is 3.48. The maximum Gasteiger partial charge on any atom is 0.220 e. The fourth-order valence-corrected chi connectivity index (χ4v) is 2.28. The van der Waals surface area contributed by atoms with Gasteiger partial charge in [-0.2, -0.15) is 0 Å². The number of thiophene rings is 1. The minimum Gasteiger partial charge on any atom is -0.359 e. The molecule has 1 N–H and O–H groups in total. The molecular weight excluding hydrogens is 182 g/mol. The van der Waals surface area contributed by atoms with Crippen LogP contribution in [0.25, 0.3) is 0 Å². The van der Waals surface area contributed by atoms with E-state index < -0.39 is 0 Å². The van der Waals surface area contributed by atoms with Gasteiger partial charge in [0.1, 0.15) is 0 Å². The Morgan fingerprint density at radius 1 is 1.54 bits per heavy atom. The number of nitrogens with one attached hydrogen (secondary N) is 1. The van der Waals surface area contributed by atoms with E-state index in [2.05, 4.69) is 25.2 Å². The van der Waals surface area contributed by atoms with Crippen LogP contribution in [0.3, 0.4) is 0 Å². The second kappa shape index (κ2) is 4.42. The fraction of sp³-hybridized carbons (Fsp3) is 0.500. The molecule has 3 heteroatoms. The average Bonchev–Trinajstić information content (AvgIpc) is 2.41. The number of carbonyl (C=O) groups excluding carboxylic acids is 1. The zero-order valence-corrected chi connectivity index (χ0v) is 9.12. The standard InChI is InChI=1S/C10H15NOS/c1-7-6-9(8(2)13-7)4-5-10(12)11-3/h6H,4-5H2,1-3H3,(H,11,12). The first-order chi connectivity index (χ1) is 6.13. The van der Waals surface area contributed by atoms with E-state index in [4.69, 9.17) is 0 Å². The maximum absolute atomic E-state index is 11.0. The van der Waals surface area contributed by atoms with Gasteiger partial charge in [0.05, 0.1) is 0 Å². The van der Waals surface area contributed by atoms with Gasteiger partial charge in [0, 0.05) is 23.2 Å². The summed E-state index contributed by atoms with van der Waals surface area (Å²) in [4.78, 5) is 13.7. The zero-order valence-electron chi connectivity index (χ0n) is 8.31. The number of rotatable bonds is 3. The van der Waals surface area contributed by atoms with Gasteiger partial charge in [-0.25, -0.2) is 0 Å². The number of amides is 1. The SMILES string of the molecule is CNC(=O)CCc1cc(C)sc1C. The summed E-state index contributed by atoms with van der Waals surface area (Å²) in [6.07, 6.45) is 1.45. The third kappa shape index (κ3) is 2.84. The van der Waals surface area contributed by atoms with E-state index in [0.29, 0.717) is 6.42 Å². The number of hydrogen-bond donors (Lipinski definition) is 1. The molecule has 0 aliphatic carbocycles. The van der Waals surface area contributed by atoms with Gasteiger partial charge in [0.15, 0.2) is 0 Å². The second-order valence-corrected chi connectivity index (χ2v) is 4.57. The highest BCUT2D eigenvalue weighted by Gasteiger charge is 2.04. The zero-order chi connectivity index (χ0) is 9.84. The molecule has 1 rings (SSSR count). The molecule has 2 nitrogen and oxygen atoms in total. The van der Waals surface area contributed by atoms with Crippen molar-refractivity contribution in [2.75, 3.05) is 7.05 Å². The van der Waals surface area contributed by atoms with Crippen molar-refractivity contribution in [2.45, 2.75) is 26.7 Å². The molecule has 0 bridgehead atoms. The molecule has 0 fully saturated rings. The molecule has 0 atom stereocenters. The van der Waals surface area contributed by atoms with Crippen LogP contribution in [0, 0.1) is 13.8 Å². The van der Waals surface area contributed by atoms with E-state index in [1.54, 1.807) is 18.4 Å². The van der Waals surface area contributed by atoms with Crippen molar-refractivity contribution in [3.8, 4) is 0 Å². The molecule has 1 amide bonds. The van der Waals surface area contributed by atoms with Crippen LogP contribution in [0.15, 0.2) is 6.07 Å². The third-order valence-corrected chi connectivity index (χ3v) is 3.05. The van der Waals surface area contributed by atoms with Crippen LogP contribution in [0.5, 0.6) is 0 Å². The van der Waals surface area contributed by atoms with Crippen molar-refractivity contribution in [1.29, 1.82) is 0 Å². The van der Waals surface area contributed by atoms with Crippen LogP contribution in [-0.2, 0) is 11.2 Å². The van der Waals surface area contributed by atoms with Crippen LogP contribution >= 0.6 is 11.3 Å². The highest BCUT2D eigenvalue weighted by atomic mass is 32.1. The summed E-state index contributed by atoms with van der Waals surface area (Å²) < 4.78 is 0. The fourth-order valence-electron chi connectivity index (χ4n) is 1.30. The summed E-state index contributed by atoms with van der Waals surface area (Å²) in [5, 5.41) is 2.63. The first-order valence-corrected chi connectivity index (χ1v) is 5.21. The summed E-state index contributed by atoms with van der Waals surface area (Å²) in [5.74, 6) is 0.114. The van der Waals surface area contributed by atoms with Gasteiger partial charge >= 0.3 is 0 Å². The molecule has 0 saturated carbocycles. The Labute approximate surface area is 83.0 Å². The molecule has 0 saturated heterocycles. The quantitative estimate of drug-likeness (QED) is 0.789. The lowest BCUT2D eigenvalue weighted by Gasteiger charge is -1.98. The van der Waals surface area contributed by atoms with E-state index >= 15 is 0 Å². The Bertz CT molecular complexity index is 304. The van der Waals surface area contributed by atoms with Gasteiger partial charge in [0.25, 0.3) is 0 Å². The third-order valence-electron chi connectivity index (χ3n) is 2.04. The predicted molar refractivity (Wildman–Crippen MR) is 56.2 cm³/mol. The van der Waals surface area contributed by atoms with Gasteiger partial charge in [-0.3, -0.25) is 4.79 Å². The van der Waals surface area contributed by atoms with Gasteiger partial charge in [-0.15, -0.1) is 11.3 Å². The van der Waals surface area contributed by atoms with Crippen molar-refractivity contribution in [3.63, 3.8) is 0 Å². The van der Waals surface area contributed by atoms with Crippen molar-refractivity contribution in [1.82, 2.24) is 5.32 Å². The first-order valence-electron chi connectivity index (χ1n) is 4.40. The summed E-state index contributed by atoms with van der Waals surface area (Å²) in [7, 11) is 1.67. The van der Waals surface area contributed by atoms with E-state index in [1.165, 1.54) is 15.3 Å². The molecule has 0 radical (unpaired) electrons. The predicted octanol–water partition coefficient (Wildman–Crippen LogP) is 2.04. The number of carbonyl (C=O) groups is 1. The highest BCUT2D eigenvalue weighted by molar-refractivity contribution is 7.12. The summed E-state index contributed by atoms with van der Waals surface area (Å²) >= 11 is 1.80. The molecule has 0 aliphatic rings. The van der Waals surface area contributed by atoms with Crippen molar-refractivity contribution in [2.24, 2.45) is 0 Å². The summed E-state index contributed by atoms with van der Waals surface area (Å²) in [5.41, 5.74) is 1.31. The molecule has 72 valence electrons. The minimum absolute atomic E-state index is 0.114. The normalized spacial score (nSPS) is 10.1. The monoisotopic (exact) mass is 197 g/mol. The van der Waals surface area contributed by atoms with Crippen molar-refractivity contribution >= 4 is 17.2 Å². The van der Waals surface area contributed by atoms with Crippen LogP contribution in [0.1, 0.15) is 21.7 Å². The molecule has 13 heavy (non-hydrogen) atoms. The largest absolute Gasteiger partial charge is 0.359 e. The molecule has 0 spiro atoms. The molecular formula is C10H15NOS. The van der Waals surface area contributed by atoms with Gasteiger partial charge in [0.2, 0.25) is 5.91 Å². The van der Waals surface area contributed by atoms with E-state index in [9.17, 15) is 4.79 Å². The van der Waals surface area contributed by atoms with Gasteiger partial charge in [-0.05, 0) is 31.9 Å². The first kappa shape index (κ1) is 10.3. The molecule has 0 unspecified atom stereocenters. The van der Waals surface area contributed by atoms with Crippen LogP contribution in [0.2, 0.25) is 0 Å². The van der Waals surface area contributed by atoms with Crippen molar-refractivity contribution in [3.05, 3.63) is 21.4 Å². The molecule has 0 aromatic carbocycles. The lowest BCUT2D eigenvalue weighted by Crippen LogP contribution is -2.17. The Morgan fingerprint density at radius 2 is 2.23 bits per heavy atom. The Hall–Kier alpha value is -0.830.